The van der Waals surface area contributed by atoms with Gasteiger partial charge in [0.05, 0.1) is 5.52 Å². The first-order chi connectivity index (χ1) is 9.26. The number of fused-ring (bicyclic) bond motifs is 1. The van der Waals surface area contributed by atoms with Crippen LogP contribution >= 0.6 is 15.9 Å². The highest BCUT2D eigenvalue weighted by molar-refractivity contribution is 9.10. The van der Waals surface area contributed by atoms with Gasteiger partial charge in [0, 0.05) is 16.2 Å². The Morgan fingerprint density at radius 3 is 2.74 bits per heavy atom. The zero-order valence-corrected chi connectivity index (χ0v) is 11.8. The third-order valence-electron chi connectivity index (χ3n) is 2.96. The van der Waals surface area contributed by atoms with Crippen LogP contribution in [-0.4, -0.2) is 21.5 Å². The van der Waals surface area contributed by atoms with Crippen molar-refractivity contribution in [2.75, 3.05) is 6.54 Å². The van der Waals surface area contributed by atoms with Gasteiger partial charge >= 0.3 is 0 Å². The Morgan fingerprint density at radius 2 is 2.00 bits per heavy atom. The van der Waals surface area contributed by atoms with E-state index >= 15 is 0 Å². The largest absolute Gasteiger partial charge is 0.337 e. The van der Waals surface area contributed by atoms with Crippen molar-refractivity contribution in [2.45, 2.75) is 6.42 Å². The molecule has 5 heteroatoms. The van der Waals surface area contributed by atoms with Gasteiger partial charge in [-0.1, -0.05) is 24.3 Å². The zero-order chi connectivity index (χ0) is 13.2. The van der Waals surface area contributed by atoms with E-state index in [1.807, 2.05) is 6.07 Å². The predicted molar refractivity (Wildman–Crippen MR) is 79.8 cm³/mol. The van der Waals surface area contributed by atoms with Crippen LogP contribution in [0, 0.1) is 0 Å². The van der Waals surface area contributed by atoms with E-state index in [2.05, 4.69) is 55.1 Å². The number of aromatic nitrogens is 3. The number of nitrogens with one attached hydrogen (secondary N) is 1. The molecular formula is C14H13BrN4. The second kappa shape index (κ2) is 5.11. The van der Waals surface area contributed by atoms with E-state index in [0.29, 0.717) is 6.54 Å². The fraction of sp³-hybridized carbons (Fsp3) is 0.143. The van der Waals surface area contributed by atoms with Crippen LogP contribution in [0.4, 0.5) is 0 Å². The van der Waals surface area contributed by atoms with Crippen LogP contribution in [0.3, 0.4) is 0 Å². The van der Waals surface area contributed by atoms with Crippen molar-refractivity contribution in [1.29, 1.82) is 0 Å². The summed E-state index contributed by atoms with van der Waals surface area (Å²) in [6, 6.07) is 10.2. The highest BCUT2D eigenvalue weighted by atomic mass is 79.9. The monoisotopic (exact) mass is 316 g/mol. The molecule has 0 bridgehead atoms. The van der Waals surface area contributed by atoms with Gasteiger partial charge in [-0.2, -0.15) is 0 Å². The van der Waals surface area contributed by atoms with Crippen molar-refractivity contribution in [3.05, 3.63) is 46.6 Å². The number of hydrogen-bond acceptors (Lipinski definition) is 3. The maximum absolute atomic E-state index is 5.54. The second-order valence-corrected chi connectivity index (χ2v) is 5.26. The molecule has 3 rings (SSSR count). The number of pyridine rings is 1. The minimum Gasteiger partial charge on any atom is -0.337 e. The van der Waals surface area contributed by atoms with Crippen LogP contribution in [-0.2, 0) is 6.42 Å². The van der Waals surface area contributed by atoms with Gasteiger partial charge in [0.2, 0.25) is 0 Å². The molecular weight excluding hydrogens is 304 g/mol. The standard InChI is InChI=1S/C14H13BrN4/c15-11-7-12-14(17-8-11)19-13(18-12)10-3-1-9(2-4-10)5-6-16/h1-4,7-8H,5-6,16H2,(H,17,18,19). The van der Waals surface area contributed by atoms with E-state index in [9.17, 15) is 0 Å². The maximum atomic E-state index is 5.54. The van der Waals surface area contributed by atoms with Gasteiger partial charge in [0.15, 0.2) is 5.65 Å². The summed E-state index contributed by atoms with van der Waals surface area (Å²) in [6.45, 7) is 0.669. The van der Waals surface area contributed by atoms with Crippen LogP contribution in [0.2, 0.25) is 0 Å². The van der Waals surface area contributed by atoms with Gasteiger partial charge in [-0.25, -0.2) is 9.97 Å². The summed E-state index contributed by atoms with van der Waals surface area (Å²) in [7, 11) is 0. The topological polar surface area (TPSA) is 67.6 Å². The summed E-state index contributed by atoms with van der Waals surface area (Å²) in [4.78, 5) is 12.0. The molecule has 0 spiro atoms. The molecule has 1 aromatic carbocycles. The summed E-state index contributed by atoms with van der Waals surface area (Å²) >= 11 is 3.40. The summed E-state index contributed by atoms with van der Waals surface area (Å²) in [5.74, 6) is 0.833. The number of hydrogen-bond donors (Lipinski definition) is 2. The molecule has 2 heterocycles. The lowest BCUT2D eigenvalue weighted by molar-refractivity contribution is 0.969. The molecule has 0 aliphatic rings. The van der Waals surface area contributed by atoms with Gasteiger partial charge in [0.1, 0.15) is 5.82 Å². The Morgan fingerprint density at radius 1 is 1.21 bits per heavy atom. The second-order valence-electron chi connectivity index (χ2n) is 4.35. The Labute approximate surface area is 119 Å². The van der Waals surface area contributed by atoms with Crippen LogP contribution in [0.25, 0.3) is 22.6 Å². The van der Waals surface area contributed by atoms with Gasteiger partial charge in [-0.15, -0.1) is 0 Å². The summed E-state index contributed by atoms with van der Waals surface area (Å²) in [5.41, 5.74) is 9.49. The van der Waals surface area contributed by atoms with E-state index in [0.717, 1.165) is 33.4 Å². The number of aromatic amines is 1. The fourth-order valence-corrected chi connectivity index (χ4v) is 2.34. The molecule has 0 amide bonds. The van der Waals surface area contributed by atoms with Crippen molar-refractivity contribution >= 4 is 27.1 Å². The molecule has 0 atom stereocenters. The molecule has 19 heavy (non-hydrogen) atoms. The number of nitrogens with two attached hydrogens (primary N) is 1. The number of imidazole rings is 1. The maximum Gasteiger partial charge on any atom is 0.178 e. The molecule has 0 radical (unpaired) electrons. The molecule has 0 saturated heterocycles. The van der Waals surface area contributed by atoms with Crippen LogP contribution in [0.1, 0.15) is 5.56 Å². The minimum atomic E-state index is 0.669. The van der Waals surface area contributed by atoms with E-state index in [-0.39, 0.29) is 0 Å². The van der Waals surface area contributed by atoms with Crippen LogP contribution in [0.15, 0.2) is 41.0 Å². The average molecular weight is 317 g/mol. The highest BCUT2D eigenvalue weighted by Crippen LogP contribution is 2.21. The zero-order valence-electron chi connectivity index (χ0n) is 10.2. The lowest BCUT2D eigenvalue weighted by Crippen LogP contribution is -2.02. The van der Waals surface area contributed by atoms with Crippen molar-refractivity contribution in [1.82, 2.24) is 15.0 Å². The highest BCUT2D eigenvalue weighted by Gasteiger charge is 2.06. The Bertz CT molecular complexity index is 703. The summed E-state index contributed by atoms with van der Waals surface area (Å²) in [5, 5.41) is 0. The lowest BCUT2D eigenvalue weighted by Gasteiger charge is -2.00. The van der Waals surface area contributed by atoms with Crippen LogP contribution < -0.4 is 5.73 Å². The average Bonchev–Trinajstić information content (AvgIpc) is 2.83. The number of benzene rings is 1. The van der Waals surface area contributed by atoms with Gasteiger partial charge in [-0.3, -0.25) is 0 Å². The first kappa shape index (κ1) is 12.3. The molecule has 4 nitrogen and oxygen atoms in total. The lowest BCUT2D eigenvalue weighted by atomic mass is 10.1. The number of halogens is 1. The normalized spacial score (nSPS) is 11.1. The van der Waals surface area contributed by atoms with E-state index in [1.54, 1.807) is 6.20 Å². The first-order valence-corrected chi connectivity index (χ1v) is 6.86. The molecule has 2 aromatic heterocycles. The number of H-pyrrole nitrogens is 1. The van der Waals surface area contributed by atoms with E-state index in [4.69, 9.17) is 5.73 Å². The van der Waals surface area contributed by atoms with Crippen LogP contribution in [0.5, 0.6) is 0 Å². The quantitative estimate of drug-likeness (QED) is 0.780. The Hall–Kier alpha value is -1.72. The smallest absolute Gasteiger partial charge is 0.178 e. The van der Waals surface area contributed by atoms with E-state index in [1.165, 1.54) is 5.56 Å². The van der Waals surface area contributed by atoms with E-state index < -0.39 is 0 Å². The Balaban J connectivity index is 1.99. The molecule has 0 fully saturated rings. The van der Waals surface area contributed by atoms with Gasteiger partial charge in [-0.05, 0) is 40.5 Å². The fourth-order valence-electron chi connectivity index (χ4n) is 2.01. The van der Waals surface area contributed by atoms with Crippen molar-refractivity contribution < 1.29 is 0 Å². The molecule has 96 valence electrons. The third kappa shape index (κ3) is 2.52. The Kier molecular flexibility index (Phi) is 3.31. The van der Waals surface area contributed by atoms with Crippen molar-refractivity contribution in [3.8, 4) is 11.4 Å². The molecule has 0 unspecified atom stereocenters. The number of nitrogens with zero attached hydrogens (tertiary/aromatic N) is 2. The molecule has 3 N–H and O–H groups in total. The first-order valence-electron chi connectivity index (χ1n) is 6.07. The van der Waals surface area contributed by atoms with Gasteiger partial charge in [0.25, 0.3) is 0 Å². The van der Waals surface area contributed by atoms with Crippen molar-refractivity contribution in [3.63, 3.8) is 0 Å². The molecule has 3 aromatic rings. The minimum absolute atomic E-state index is 0.669. The van der Waals surface area contributed by atoms with Crippen molar-refractivity contribution in [2.24, 2.45) is 5.73 Å². The summed E-state index contributed by atoms with van der Waals surface area (Å²) < 4.78 is 0.938. The molecule has 0 saturated carbocycles. The SMILES string of the molecule is NCCc1ccc(-c2nc3ncc(Br)cc3[nH]2)cc1. The number of rotatable bonds is 3. The van der Waals surface area contributed by atoms with Gasteiger partial charge < -0.3 is 10.7 Å². The third-order valence-corrected chi connectivity index (χ3v) is 3.40. The summed E-state index contributed by atoms with van der Waals surface area (Å²) in [6.07, 6.45) is 2.65. The molecule has 0 aliphatic carbocycles. The predicted octanol–water partition coefficient (Wildman–Crippen LogP) is 2.89. The molecule has 0 aliphatic heterocycles.